The lowest BCUT2D eigenvalue weighted by atomic mass is 10.1. The Morgan fingerprint density at radius 3 is 2.72 bits per heavy atom. The molecule has 0 aliphatic heterocycles. The second-order valence-electron chi connectivity index (χ2n) is 4.04. The van der Waals surface area contributed by atoms with E-state index in [0.717, 1.165) is 12.0 Å². The maximum Gasteiger partial charge on any atom is 0.319 e. The van der Waals surface area contributed by atoms with Crippen LogP contribution in [0.5, 0.6) is 0 Å². The predicted molar refractivity (Wildman–Crippen MR) is 73.0 cm³/mol. The summed E-state index contributed by atoms with van der Waals surface area (Å²) in [5.74, 6) is -0.0230. The molecule has 18 heavy (non-hydrogen) atoms. The first-order chi connectivity index (χ1) is 8.54. The van der Waals surface area contributed by atoms with Gasteiger partial charge in [-0.1, -0.05) is 18.2 Å². The van der Waals surface area contributed by atoms with Gasteiger partial charge < -0.3 is 10.6 Å². The summed E-state index contributed by atoms with van der Waals surface area (Å²) in [7, 11) is 0. The number of nitrogens with one attached hydrogen (secondary N) is 2. The van der Waals surface area contributed by atoms with E-state index >= 15 is 0 Å². The third-order valence-corrected chi connectivity index (χ3v) is 2.53. The summed E-state index contributed by atoms with van der Waals surface area (Å²) in [6.07, 6.45) is 2.46. The SMILES string of the molecule is C=CCCNC(=O)Nc1cc(C(C)=O)ccc1C. The number of aryl methyl sites for hydroxylation is 1. The quantitative estimate of drug-likeness (QED) is 0.477. The van der Waals surface area contributed by atoms with E-state index in [9.17, 15) is 9.59 Å². The maximum absolute atomic E-state index is 11.6. The van der Waals surface area contributed by atoms with E-state index in [1.54, 1.807) is 18.2 Å². The molecule has 0 unspecified atom stereocenters. The minimum absolute atomic E-state index is 0.0230. The molecule has 0 radical (unpaired) electrons. The molecule has 4 nitrogen and oxygen atoms in total. The summed E-state index contributed by atoms with van der Waals surface area (Å²) in [4.78, 5) is 22.8. The molecule has 96 valence electrons. The highest BCUT2D eigenvalue weighted by molar-refractivity contribution is 5.97. The number of carbonyl (C=O) groups excluding carboxylic acids is 2. The zero-order valence-electron chi connectivity index (χ0n) is 10.7. The Bertz CT molecular complexity index is 467. The van der Waals surface area contributed by atoms with E-state index in [-0.39, 0.29) is 11.8 Å². The molecule has 0 saturated carbocycles. The molecule has 0 fully saturated rings. The molecule has 1 rings (SSSR count). The van der Waals surface area contributed by atoms with Crippen LogP contribution in [0.4, 0.5) is 10.5 Å². The molecule has 0 bridgehead atoms. The van der Waals surface area contributed by atoms with Crippen LogP contribution in [0.25, 0.3) is 0 Å². The fourth-order valence-corrected chi connectivity index (χ4v) is 1.43. The van der Waals surface area contributed by atoms with Crippen LogP contribution in [0.1, 0.15) is 29.3 Å². The highest BCUT2D eigenvalue weighted by Gasteiger charge is 2.06. The second kappa shape index (κ2) is 6.59. The van der Waals surface area contributed by atoms with Gasteiger partial charge in [0.25, 0.3) is 0 Å². The number of carbonyl (C=O) groups is 2. The molecule has 0 spiro atoms. The number of benzene rings is 1. The van der Waals surface area contributed by atoms with Crippen molar-refractivity contribution in [3.8, 4) is 0 Å². The third kappa shape index (κ3) is 4.05. The lowest BCUT2D eigenvalue weighted by Crippen LogP contribution is -2.29. The van der Waals surface area contributed by atoms with Crippen LogP contribution in [0.2, 0.25) is 0 Å². The first-order valence-corrected chi connectivity index (χ1v) is 5.82. The summed E-state index contributed by atoms with van der Waals surface area (Å²) in [5.41, 5.74) is 2.15. The van der Waals surface area contributed by atoms with Crippen LogP contribution in [0.3, 0.4) is 0 Å². The van der Waals surface area contributed by atoms with Gasteiger partial charge in [-0.2, -0.15) is 0 Å². The Labute approximate surface area is 107 Å². The molecular formula is C14H18N2O2. The zero-order chi connectivity index (χ0) is 13.5. The molecular weight excluding hydrogens is 228 g/mol. The van der Waals surface area contributed by atoms with Gasteiger partial charge in [0, 0.05) is 17.8 Å². The van der Waals surface area contributed by atoms with Gasteiger partial charge in [0.15, 0.2) is 5.78 Å². The van der Waals surface area contributed by atoms with Crippen LogP contribution < -0.4 is 10.6 Å². The second-order valence-corrected chi connectivity index (χ2v) is 4.04. The lowest BCUT2D eigenvalue weighted by molar-refractivity contribution is 0.101. The van der Waals surface area contributed by atoms with Crippen LogP contribution in [0.15, 0.2) is 30.9 Å². The summed E-state index contributed by atoms with van der Waals surface area (Å²) in [6.45, 7) is 7.50. The number of ketones is 1. The lowest BCUT2D eigenvalue weighted by Gasteiger charge is -2.10. The smallest absolute Gasteiger partial charge is 0.319 e. The molecule has 2 N–H and O–H groups in total. The molecule has 0 aliphatic rings. The topological polar surface area (TPSA) is 58.2 Å². The van der Waals surface area contributed by atoms with Gasteiger partial charge in [-0.05, 0) is 31.9 Å². The van der Waals surface area contributed by atoms with Crippen molar-refractivity contribution in [1.29, 1.82) is 0 Å². The van der Waals surface area contributed by atoms with Gasteiger partial charge in [0.05, 0.1) is 0 Å². The number of Topliss-reactive ketones (excluding diaryl/α,β-unsaturated/α-hetero) is 1. The molecule has 0 aliphatic carbocycles. The van der Waals surface area contributed by atoms with Crippen LogP contribution >= 0.6 is 0 Å². The highest BCUT2D eigenvalue weighted by Crippen LogP contribution is 2.17. The van der Waals surface area contributed by atoms with E-state index in [0.29, 0.717) is 17.8 Å². The Hall–Kier alpha value is -2.10. The van der Waals surface area contributed by atoms with Gasteiger partial charge in [0.1, 0.15) is 0 Å². The van der Waals surface area contributed by atoms with E-state index in [2.05, 4.69) is 17.2 Å². The van der Waals surface area contributed by atoms with Crippen molar-refractivity contribution < 1.29 is 9.59 Å². The number of hydrogen-bond acceptors (Lipinski definition) is 2. The number of rotatable bonds is 5. The predicted octanol–water partition coefficient (Wildman–Crippen LogP) is 2.90. The van der Waals surface area contributed by atoms with Gasteiger partial charge in [-0.25, -0.2) is 4.79 Å². The van der Waals surface area contributed by atoms with E-state index < -0.39 is 0 Å². The Morgan fingerprint density at radius 2 is 2.11 bits per heavy atom. The molecule has 0 saturated heterocycles. The summed E-state index contributed by atoms with van der Waals surface area (Å²) < 4.78 is 0. The first kappa shape index (κ1) is 14.0. The first-order valence-electron chi connectivity index (χ1n) is 5.82. The third-order valence-electron chi connectivity index (χ3n) is 2.53. The van der Waals surface area contributed by atoms with Crippen molar-refractivity contribution in [2.24, 2.45) is 0 Å². The Kier molecular flexibility index (Phi) is 5.11. The summed E-state index contributed by atoms with van der Waals surface area (Å²) >= 11 is 0. The van der Waals surface area contributed by atoms with Gasteiger partial charge in [-0.15, -0.1) is 6.58 Å². The van der Waals surface area contributed by atoms with Crippen molar-refractivity contribution >= 4 is 17.5 Å². The van der Waals surface area contributed by atoms with Crippen LogP contribution in [-0.4, -0.2) is 18.4 Å². The molecule has 0 aromatic heterocycles. The van der Waals surface area contributed by atoms with E-state index in [1.165, 1.54) is 6.92 Å². The van der Waals surface area contributed by atoms with Crippen molar-refractivity contribution in [2.75, 3.05) is 11.9 Å². The molecule has 0 heterocycles. The van der Waals surface area contributed by atoms with E-state index in [1.807, 2.05) is 13.0 Å². The van der Waals surface area contributed by atoms with Gasteiger partial charge >= 0.3 is 6.03 Å². The molecule has 2 amide bonds. The fourth-order valence-electron chi connectivity index (χ4n) is 1.43. The minimum atomic E-state index is -0.277. The maximum atomic E-state index is 11.6. The molecule has 4 heteroatoms. The monoisotopic (exact) mass is 246 g/mol. The largest absolute Gasteiger partial charge is 0.338 e. The number of amides is 2. The fraction of sp³-hybridized carbons (Fsp3) is 0.286. The number of urea groups is 1. The summed E-state index contributed by atoms with van der Waals surface area (Å²) in [6, 6.07) is 4.97. The number of anilines is 1. The van der Waals surface area contributed by atoms with Crippen LogP contribution in [-0.2, 0) is 0 Å². The average molecular weight is 246 g/mol. The van der Waals surface area contributed by atoms with Crippen LogP contribution in [0, 0.1) is 6.92 Å². The van der Waals surface area contributed by atoms with Gasteiger partial charge in [-0.3, -0.25) is 4.79 Å². The van der Waals surface area contributed by atoms with Crippen molar-refractivity contribution in [2.45, 2.75) is 20.3 Å². The zero-order valence-corrected chi connectivity index (χ0v) is 10.7. The van der Waals surface area contributed by atoms with Crippen molar-refractivity contribution in [3.05, 3.63) is 42.0 Å². The highest BCUT2D eigenvalue weighted by atomic mass is 16.2. The molecule has 1 aromatic rings. The van der Waals surface area contributed by atoms with Crippen molar-refractivity contribution in [1.82, 2.24) is 5.32 Å². The van der Waals surface area contributed by atoms with E-state index in [4.69, 9.17) is 0 Å². The average Bonchev–Trinajstić information content (AvgIpc) is 2.32. The van der Waals surface area contributed by atoms with Crippen molar-refractivity contribution in [3.63, 3.8) is 0 Å². The Morgan fingerprint density at radius 1 is 1.39 bits per heavy atom. The number of hydrogen-bond donors (Lipinski definition) is 2. The summed E-state index contributed by atoms with van der Waals surface area (Å²) in [5, 5.41) is 5.43. The Balaban J connectivity index is 2.71. The molecule has 1 aromatic carbocycles. The normalized spacial score (nSPS) is 9.67. The standard InChI is InChI=1S/C14H18N2O2/c1-4-5-8-15-14(18)16-13-9-12(11(3)17)7-6-10(13)2/h4,6-7,9H,1,5,8H2,2-3H3,(H2,15,16,18). The van der Waals surface area contributed by atoms with Gasteiger partial charge in [0.2, 0.25) is 0 Å². The molecule has 0 atom stereocenters. The minimum Gasteiger partial charge on any atom is -0.338 e.